The summed E-state index contributed by atoms with van der Waals surface area (Å²) in [4.78, 5) is 20.3. The van der Waals surface area contributed by atoms with Gasteiger partial charge in [0, 0.05) is 36.9 Å². The summed E-state index contributed by atoms with van der Waals surface area (Å²) < 4.78 is 1.97. The van der Waals surface area contributed by atoms with E-state index in [9.17, 15) is 4.79 Å². The Morgan fingerprint density at radius 2 is 2.24 bits per heavy atom. The summed E-state index contributed by atoms with van der Waals surface area (Å²) in [6, 6.07) is 1.86. The lowest BCUT2D eigenvalue weighted by Gasteiger charge is -2.04. The highest BCUT2D eigenvalue weighted by Gasteiger charge is 2.11. The molecule has 0 aliphatic rings. The molecule has 17 heavy (non-hydrogen) atoms. The summed E-state index contributed by atoms with van der Waals surface area (Å²) >= 11 is 0. The van der Waals surface area contributed by atoms with Crippen LogP contribution in [-0.2, 0) is 13.0 Å². The molecule has 0 aliphatic carbocycles. The molecule has 0 unspecified atom stereocenters. The van der Waals surface area contributed by atoms with E-state index in [1.807, 2.05) is 30.7 Å². The lowest BCUT2D eigenvalue weighted by atomic mass is 10.1. The monoisotopic (exact) mass is 229 g/mol. The Hall–Kier alpha value is -1.97. The predicted octanol–water partition coefficient (Wildman–Crippen LogP) is 2.03. The third kappa shape index (κ3) is 2.58. The average molecular weight is 229 g/mol. The van der Waals surface area contributed by atoms with E-state index in [0.717, 1.165) is 17.9 Å². The maximum atomic E-state index is 12.0. The predicted molar refractivity (Wildman–Crippen MR) is 64.9 cm³/mol. The fourth-order valence-electron chi connectivity index (χ4n) is 1.75. The van der Waals surface area contributed by atoms with Gasteiger partial charge in [-0.1, -0.05) is 0 Å². The lowest BCUT2D eigenvalue weighted by Crippen LogP contribution is -2.10. The number of nitrogens with zero attached hydrogens (tertiary/aromatic N) is 3. The molecule has 0 radical (unpaired) electrons. The summed E-state index contributed by atoms with van der Waals surface area (Å²) in [6.45, 7) is 4.79. The molecular weight excluding hydrogens is 214 g/mol. The lowest BCUT2D eigenvalue weighted by molar-refractivity contribution is 0.0989. The van der Waals surface area contributed by atoms with E-state index in [4.69, 9.17) is 0 Å². The van der Waals surface area contributed by atoms with Gasteiger partial charge in [-0.05, 0) is 25.5 Å². The van der Waals surface area contributed by atoms with Crippen LogP contribution in [0, 0.1) is 6.92 Å². The van der Waals surface area contributed by atoms with E-state index >= 15 is 0 Å². The van der Waals surface area contributed by atoms with Crippen LogP contribution in [0.4, 0.5) is 0 Å². The number of hydrogen-bond donors (Lipinski definition) is 0. The van der Waals surface area contributed by atoms with Crippen molar-refractivity contribution < 1.29 is 4.79 Å². The molecule has 88 valence electrons. The highest BCUT2D eigenvalue weighted by molar-refractivity contribution is 5.96. The molecule has 0 aromatic carbocycles. The standard InChI is InChI=1S/C13H15N3O/c1-3-16-5-4-15-13(16)7-12(17)11-6-10(2)8-14-9-11/h4-6,8-9H,3,7H2,1-2H3. The van der Waals surface area contributed by atoms with Crippen molar-refractivity contribution in [1.29, 1.82) is 0 Å². The van der Waals surface area contributed by atoms with Gasteiger partial charge in [0.1, 0.15) is 5.82 Å². The van der Waals surface area contributed by atoms with Crippen LogP contribution in [0.5, 0.6) is 0 Å². The van der Waals surface area contributed by atoms with Crippen molar-refractivity contribution in [2.45, 2.75) is 26.8 Å². The second-order valence-electron chi connectivity index (χ2n) is 3.98. The number of carbonyl (C=O) groups excluding carboxylic acids is 1. The van der Waals surface area contributed by atoms with Crippen LogP contribution in [0.1, 0.15) is 28.7 Å². The third-order valence-electron chi connectivity index (χ3n) is 2.66. The van der Waals surface area contributed by atoms with E-state index in [1.54, 1.807) is 18.6 Å². The van der Waals surface area contributed by atoms with Crippen molar-refractivity contribution in [1.82, 2.24) is 14.5 Å². The van der Waals surface area contributed by atoms with Gasteiger partial charge in [-0.25, -0.2) is 4.98 Å². The minimum absolute atomic E-state index is 0.0575. The molecule has 0 saturated heterocycles. The summed E-state index contributed by atoms with van der Waals surface area (Å²) in [5, 5.41) is 0. The molecule has 2 heterocycles. The number of hydrogen-bond acceptors (Lipinski definition) is 3. The zero-order chi connectivity index (χ0) is 12.3. The topological polar surface area (TPSA) is 47.8 Å². The van der Waals surface area contributed by atoms with Gasteiger partial charge in [0.15, 0.2) is 5.78 Å². The first-order valence-corrected chi connectivity index (χ1v) is 5.65. The second kappa shape index (κ2) is 4.91. The first-order chi connectivity index (χ1) is 8.20. The maximum absolute atomic E-state index is 12.0. The molecule has 2 aromatic heterocycles. The van der Waals surface area contributed by atoms with Crippen LogP contribution >= 0.6 is 0 Å². The van der Waals surface area contributed by atoms with E-state index in [2.05, 4.69) is 9.97 Å². The molecule has 0 atom stereocenters. The van der Waals surface area contributed by atoms with Gasteiger partial charge in [0.05, 0.1) is 6.42 Å². The van der Waals surface area contributed by atoms with Crippen LogP contribution < -0.4 is 0 Å². The van der Waals surface area contributed by atoms with Gasteiger partial charge in [-0.3, -0.25) is 9.78 Å². The minimum atomic E-state index is 0.0575. The van der Waals surface area contributed by atoms with Crippen LogP contribution in [0.15, 0.2) is 30.9 Å². The highest BCUT2D eigenvalue weighted by atomic mass is 16.1. The van der Waals surface area contributed by atoms with E-state index in [0.29, 0.717) is 12.0 Å². The number of pyridine rings is 1. The first kappa shape index (κ1) is 11.5. The fraction of sp³-hybridized carbons (Fsp3) is 0.308. The molecule has 4 nitrogen and oxygen atoms in total. The number of ketones is 1. The van der Waals surface area contributed by atoms with Crippen molar-refractivity contribution in [3.63, 3.8) is 0 Å². The second-order valence-corrected chi connectivity index (χ2v) is 3.98. The smallest absolute Gasteiger partial charge is 0.171 e. The maximum Gasteiger partial charge on any atom is 0.171 e. The van der Waals surface area contributed by atoms with Crippen LogP contribution in [0.3, 0.4) is 0 Å². The largest absolute Gasteiger partial charge is 0.335 e. The van der Waals surface area contributed by atoms with Crippen LogP contribution in [0.2, 0.25) is 0 Å². The summed E-state index contributed by atoms with van der Waals surface area (Å²) in [5.41, 5.74) is 1.64. The normalized spacial score (nSPS) is 10.5. The molecule has 0 amide bonds. The average Bonchev–Trinajstić information content (AvgIpc) is 2.76. The van der Waals surface area contributed by atoms with Crippen LogP contribution in [0.25, 0.3) is 0 Å². The van der Waals surface area contributed by atoms with Crippen molar-refractivity contribution in [3.8, 4) is 0 Å². The Labute approximate surface area is 100 Å². The molecule has 0 saturated carbocycles. The number of rotatable bonds is 4. The fourth-order valence-corrected chi connectivity index (χ4v) is 1.75. The number of aryl methyl sites for hydroxylation is 2. The molecule has 2 aromatic rings. The van der Waals surface area contributed by atoms with Gasteiger partial charge < -0.3 is 4.57 Å². The zero-order valence-corrected chi connectivity index (χ0v) is 10.1. The molecule has 4 heteroatoms. The molecule has 0 spiro atoms. The van der Waals surface area contributed by atoms with E-state index in [-0.39, 0.29) is 5.78 Å². The molecule has 0 fully saturated rings. The molecule has 0 N–H and O–H groups in total. The number of aromatic nitrogens is 3. The summed E-state index contributed by atoms with van der Waals surface area (Å²) in [7, 11) is 0. The number of carbonyl (C=O) groups is 1. The van der Waals surface area contributed by atoms with Gasteiger partial charge in [0.2, 0.25) is 0 Å². The molecule has 0 aliphatic heterocycles. The van der Waals surface area contributed by atoms with Crippen LogP contribution in [-0.4, -0.2) is 20.3 Å². The van der Waals surface area contributed by atoms with Crippen molar-refractivity contribution in [2.24, 2.45) is 0 Å². The van der Waals surface area contributed by atoms with Crippen molar-refractivity contribution in [2.75, 3.05) is 0 Å². The summed E-state index contributed by atoms with van der Waals surface area (Å²) in [5.74, 6) is 0.862. The Kier molecular flexibility index (Phi) is 3.32. The minimum Gasteiger partial charge on any atom is -0.335 e. The van der Waals surface area contributed by atoms with E-state index in [1.165, 1.54) is 0 Å². The Morgan fingerprint density at radius 1 is 1.41 bits per heavy atom. The van der Waals surface area contributed by atoms with Gasteiger partial charge in [0.25, 0.3) is 0 Å². The summed E-state index contributed by atoms with van der Waals surface area (Å²) in [6.07, 6.45) is 7.28. The zero-order valence-electron chi connectivity index (χ0n) is 10.1. The van der Waals surface area contributed by atoms with Gasteiger partial charge >= 0.3 is 0 Å². The quantitative estimate of drug-likeness (QED) is 0.754. The van der Waals surface area contributed by atoms with Gasteiger partial charge in [-0.15, -0.1) is 0 Å². The Bertz CT molecular complexity index is 531. The van der Waals surface area contributed by atoms with Gasteiger partial charge in [-0.2, -0.15) is 0 Å². The number of Topliss-reactive ketones (excluding diaryl/α,β-unsaturated/α-hetero) is 1. The Morgan fingerprint density at radius 3 is 2.94 bits per heavy atom. The van der Waals surface area contributed by atoms with Crippen molar-refractivity contribution >= 4 is 5.78 Å². The van der Waals surface area contributed by atoms with E-state index < -0.39 is 0 Å². The molecular formula is C13H15N3O. The number of imidazole rings is 1. The SMILES string of the molecule is CCn1ccnc1CC(=O)c1cncc(C)c1. The molecule has 0 bridgehead atoms. The first-order valence-electron chi connectivity index (χ1n) is 5.65. The molecule has 2 rings (SSSR count). The Balaban J connectivity index is 2.17. The highest BCUT2D eigenvalue weighted by Crippen LogP contribution is 2.07. The third-order valence-corrected chi connectivity index (χ3v) is 2.66. The van der Waals surface area contributed by atoms with Crippen molar-refractivity contribution in [3.05, 3.63) is 47.8 Å².